The number of nitrogens with one attached hydrogen (secondary N) is 1. The van der Waals surface area contributed by atoms with Gasteiger partial charge in [0.25, 0.3) is 0 Å². The van der Waals surface area contributed by atoms with Gasteiger partial charge in [-0.25, -0.2) is 9.97 Å². The van der Waals surface area contributed by atoms with Crippen LogP contribution in [-0.2, 0) is 11.3 Å². The van der Waals surface area contributed by atoms with Crippen LogP contribution in [0.15, 0.2) is 12.3 Å². The maximum Gasteiger partial charge on any atom is 0.222 e. The Labute approximate surface area is 83.7 Å². The van der Waals surface area contributed by atoms with Crippen LogP contribution >= 0.6 is 0 Å². The molecule has 0 radical (unpaired) electrons. The van der Waals surface area contributed by atoms with Crippen LogP contribution in [0.2, 0.25) is 0 Å². The van der Waals surface area contributed by atoms with E-state index in [0.717, 1.165) is 25.3 Å². The third-order valence-electron chi connectivity index (χ3n) is 1.73. The van der Waals surface area contributed by atoms with E-state index in [0.29, 0.717) is 12.5 Å². The van der Waals surface area contributed by atoms with E-state index in [1.165, 1.54) is 0 Å². The summed E-state index contributed by atoms with van der Waals surface area (Å²) in [5, 5.41) is 3.10. The van der Waals surface area contributed by atoms with Crippen molar-refractivity contribution in [1.82, 2.24) is 9.97 Å². The molecule has 0 unspecified atom stereocenters. The van der Waals surface area contributed by atoms with E-state index in [9.17, 15) is 0 Å². The van der Waals surface area contributed by atoms with Crippen LogP contribution in [0.3, 0.4) is 0 Å². The van der Waals surface area contributed by atoms with Gasteiger partial charge < -0.3 is 15.8 Å². The standard InChI is InChI=1S/C9H16N4O/c1-14-6-2-4-11-9-12-5-3-8(7-10)13-9/h3,5H,2,4,6-7,10H2,1H3,(H,11,12,13). The highest BCUT2D eigenvalue weighted by Crippen LogP contribution is 1.99. The third-order valence-corrected chi connectivity index (χ3v) is 1.73. The van der Waals surface area contributed by atoms with E-state index in [1.807, 2.05) is 0 Å². The van der Waals surface area contributed by atoms with Crippen molar-refractivity contribution >= 4 is 5.95 Å². The summed E-state index contributed by atoms with van der Waals surface area (Å²) in [5.74, 6) is 0.629. The first-order valence-corrected chi connectivity index (χ1v) is 4.61. The molecule has 1 rings (SSSR count). The average molecular weight is 196 g/mol. The van der Waals surface area contributed by atoms with Gasteiger partial charge >= 0.3 is 0 Å². The maximum atomic E-state index is 5.46. The van der Waals surface area contributed by atoms with Gasteiger partial charge in [0.05, 0.1) is 5.69 Å². The quantitative estimate of drug-likeness (QED) is 0.644. The van der Waals surface area contributed by atoms with Crippen molar-refractivity contribution in [2.45, 2.75) is 13.0 Å². The fourth-order valence-electron chi connectivity index (χ4n) is 1.01. The molecule has 0 bridgehead atoms. The van der Waals surface area contributed by atoms with Gasteiger partial charge in [0.1, 0.15) is 0 Å². The fourth-order valence-corrected chi connectivity index (χ4v) is 1.01. The van der Waals surface area contributed by atoms with Crippen molar-refractivity contribution in [1.29, 1.82) is 0 Å². The number of hydrogen-bond acceptors (Lipinski definition) is 5. The lowest BCUT2D eigenvalue weighted by Gasteiger charge is -2.04. The van der Waals surface area contributed by atoms with Crippen molar-refractivity contribution < 1.29 is 4.74 Å². The van der Waals surface area contributed by atoms with Crippen molar-refractivity contribution in [2.24, 2.45) is 5.73 Å². The molecular weight excluding hydrogens is 180 g/mol. The summed E-state index contributed by atoms with van der Waals surface area (Å²) in [7, 11) is 1.69. The zero-order chi connectivity index (χ0) is 10.2. The molecule has 0 spiro atoms. The first kappa shape index (κ1) is 10.9. The molecule has 1 aromatic rings. The molecule has 0 aliphatic heterocycles. The summed E-state index contributed by atoms with van der Waals surface area (Å²) < 4.78 is 4.92. The Morgan fingerprint density at radius 3 is 3.14 bits per heavy atom. The number of nitrogens with two attached hydrogens (primary N) is 1. The van der Waals surface area contributed by atoms with Gasteiger partial charge in [-0.15, -0.1) is 0 Å². The lowest BCUT2D eigenvalue weighted by Crippen LogP contribution is -2.09. The highest BCUT2D eigenvalue weighted by atomic mass is 16.5. The number of anilines is 1. The summed E-state index contributed by atoms with van der Waals surface area (Å²) >= 11 is 0. The van der Waals surface area contributed by atoms with Gasteiger partial charge in [-0.05, 0) is 12.5 Å². The molecule has 3 N–H and O–H groups in total. The van der Waals surface area contributed by atoms with Crippen LogP contribution in [0, 0.1) is 0 Å². The Morgan fingerprint density at radius 1 is 1.57 bits per heavy atom. The molecule has 78 valence electrons. The fraction of sp³-hybridized carbons (Fsp3) is 0.556. The molecule has 0 fully saturated rings. The average Bonchev–Trinajstić information content (AvgIpc) is 2.25. The third kappa shape index (κ3) is 3.68. The summed E-state index contributed by atoms with van der Waals surface area (Å²) in [6.07, 6.45) is 2.64. The molecule has 1 heterocycles. The smallest absolute Gasteiger partial charge is 0.222 e. The minimum atomic E-state index is 0.440. The van der Waals surface area contributed by atoms with E-state index in [4.69, 9.17) is 10.5 Å². The number of aromatic nitrogens is 2. The Kier molecular flexibility index (Phi) is 4.88. The van der Waals surface area contributed by atoms with Crippen LogP contribution in [0.4, 0.5) is 5.95 Å². The lowest BCUT2D eigenvalue weighted by atomic mass is 10.4. The second-order valence-electron chi connectivity index (χ2n) is 2.85. The highest BCUT2D eigenvalue weighted by molar-refractivity contribution is 5.24. The van der Waals surface area contributed by atoms with Crippen LogP contribution < -0.4 is 11.1 Å². The Bertz CT molecular complexity index is 267. The number of hydrogen-bond donors (Lipinski definition) is 2. The van der Waals surface area contributed by atoms with Crippen molar-refractivity contribution in [3.63, 3.8) is 0 Å². The molecule has 0 aliphatic rings. The molecule has 0 aromatic carbocycles. The van der Waals surface area contributed by atoms with E-state index >= 15 is 0 Å². The summed E-state index contributed by atoms with van der Waals surface area (Å²) in [5.41, 5.74) is 6.30. The first-order chi connectivity index (χ1) is 6.86. The molecule has 0 aliphatic carbocycles. The van der Waals surface area contributed by atoms with Crippen LogP contribution in [0.5, 0.6) is 0 Å². The Balaban J connectivity index is 2.34. The SMILES string of the molecule is COCCCNc1nccc(CN)n1. The highest BCUT2D eigenvalue weighted by Gasteiger charge is 1.96. The minimum Gasteiger partial charge on any atom is -0.385 e. The summed E-state index contributed by atoms with van der Waals surface area (Å²) in [6.45, 7) is 1.99. The number of methoxy groups -OCH3 is 1. The molecule has 5 heteroatoms. The summed E-state index contributed by atoms with van der Waals surface area (Å²) in [6, 6.07) is 1.81. The molecule has 0 saturated carbocycles. The monoisotopic (exact) mass is 196 g/mol. The maximum absolute atomic E-state index is 5.46. The van der Waals surface area contributed by atoms with E-state index in [-0.39, 0.29) is 0 Å². The van der Waals surface area contributed by atoms with Gasteiger partial charge in [0.15, 0.2) is 0 Å². The Morgan fingerprint density at radius 2 is 2.43 bits per heavy atom. The van der Waals surface area contributed by atoms with Gasteiger partial charge in [-0.1, -0.05) is 0 Å². The zero-order valence-corrected chi connectivity index (χ0v) is 8.36. The molecule has 14 heavy (non-hydrogen) atoms. The topological polar surface area (TPSA) is 73.1 Å². The van der Waals surface area contributed by atoms with E-state index in [1.54, 1.807) is 19.4 Å². The molecule has 0 amide bonds. The zero-order valence-electron chi connectivity index (χ0n) is 8.36. The largest absolute Gasteiger partial charge is 0.385 e. The molecule has 1 aromatic heterocycles. The normalized spacial score (nSPS) is 10.1. The Hall–Kier alpha value is -1.20. The van der Waals surface area contributed by atoms with E-state index < -0.39 is 0 Å². The van der Waals surface area contributed by atoms with Crippen LogP contribution in [0.1, 0.15) is 12.1 Å². The van der Waals surface area contributed by atoms with Crippen molar-refractivity contribution in [3.05, 3.63) is 18.0 Å². The molecule has 0 saturated heterocycles. The molecule has 0 atom stereocenters. The minimum absolute atomic E-state index is 0.440. The summed E-state index contributed by atoms with van der Waals surface area (Å²) in [4.78, 5) is 8.27. The second kappa shape index (κ2) is 6.28. The van der Waals surface area contributed by atoms with Crippen molar-refractivity contribution in [3.8, 4) is 0 Å². The first-order valence-electron chi connectivity index (χ1n) is 4.61. The van der Waals surface area contributed by atoms with Crippen molar-refractivity contribution in [2.75, 3.05) is 25.6 Å². The van der Waals surface area contributed by atoms with Gasteiger partial charge in [0.2, 0.25) is 5.95 Å². The van der Waals surface area contributed by atoms with Gasteiger partial charge in [0, 0.05) is 33.0 Å². The van der Waals surface area contributed by atoms with Crippen LogP contribution in [0.25, 0.3) is 0 Å². The van der Waals surface area contributed by atoms with E-state index in [2.05, 4.69) is 15.3 Å². The van der Waals surface area contributed by atoms with Gasteiger partial charge in [-0.3, -0.25) is 0 Å². The predicted molar refractivity (Wildman–Crippen MR) is 54.9 cm³/mol. The predicted octanol–water partition coefficient (Wildman–Crippen LogP) is 0.384. The molecule has 5 nitrogen and oxygen atoms in total. The molecular formula is C9H16N4O. The number of ether oxygens (including phenoxy) is 1. The second-order valence-corrected chi connectivity index (χ2v) is 2.85. The number of rotatable bonds is 6. The van der Waals surface area contributed by atoms with Gasteiger partial charge in [-0.2, -0.15) is 0 Å². The van der Waals surface area contributed by atoms with Crippen LogP contribution in [-0.4, -0.2) is 30.2 Å². The number of nitrogens with zero attached hydrogens (tertiary/aromatic N) is 2. The lowest BCUT2D eigenvalue weighted by molar-refractivity contribution is 0.197.